The van der Waals surface area contributed by atoms with Crippen LogP contribution in [-0.4, -0.2) is 21.1 Å². The highest BCUT2D eigenvalue weighted by molar-refractivity contribution is 7.16. The van der Waals surface area contributed by atoms with Crippen LogP contribution in [-0.2, 0) is 19.4 Å². The fourth-order valence-corrected chi connectivity index (χ4v) is 4.14. The SMILES string of the molecule is CCc1nn2c(=O)cc(CN3CCCc4cc(C)ccc43)nc2s1. The van der Waals surface area contributed by atoms with Crippen molar-refractivity contribution < 1.29 is 0 Å². The summed E-state index contributed by atoms with van der Waals surface area (Å²) in [5, 5.41) is 5.25. The summed E-state index contributed by atoms with van der Waals surface area (Å²) in [5.41, 5.74) is 4.69. The summed E-state index contributed by atoms with van der Waals surface area (Å²) in [6.45, 7) is 5.84. The molecule has 0 atom stereocenters. The lowest BCUT2D eigenvalue weighted by molar-refractivity contribution is 0.681. The molecule has 1 aliphatic heterocycles. The van der Waals surface area contributed by atoms with Crippen LogP contribution in [0, 0.1) is 6.92 Å². The first-order chi connectivity index (χ1) is 11.6. The van der Waals surface area contributed by atoms with Gasteiger partial charge in [0.2, 0.25) is 4.96 Å². The summed E-state index contributed by atoms with van der Waals surface area (Å²) in [4.78, 5) is 20.0. The van der Waals surface area contributed by atoms with Crippen LogP contribution < -0.4 is 10.5 Å². The highest BCUT2D eigenvalue weighted by Crippen LogP contribution is 2.29. The minimum atomic E-state index is -0.0907. The van der Waals surface area contributed by atoms with E-state index < -0.39 is 0 Å². The lowest BCUT2D eigenvalue weighted by Gasteiger charge is -2.31. The topological polar surface area (TPSA) is 50.5 Å². The van der Waals surface area contributed by atoms with Crippen LogP contribution in [0.15, 0.2) is 29.1 Å². The van der Waals surface area contributed by atoms with E-state index in [4.69, 9.17) is 0 Å². The second-order valence-corrected chi connectivity index (χ2v) is 7.33. The van der Waals surface area contributed by atoms with Gasteiger partial charge >= 0.3 is 0 Å². The molecule has 3 aromatic rings. The van der Waals surface area contributed by atoms with Gasteiger partial charge in [-0.15, -0.1) is 0 Å². The summed E-state index contributed by atoms with van der Waals surface area (Å²) in [7, 11) is 0. The molecule has 1 aliphatic rings. The summed E-state index contributed by atoms with van der Waals surface area (Å²) in [6.07, 6.45) is 3.08. The Labute approximate surface area is 144 Å². The molecular formula is C18H20N4OS. The fourth-order valence-electron chi connectivity index (χ4n) is 3.28. The Balaban J connectivity index is 1.69. The van der Waals surface area contributed by atoms with Crippen LogP contribution in [0.2, 0.25) is 0 Å². The third kappa shape index (κ3) is 2.71. The number of rotatable bonds is 3. The minimum absolute atomic E-state index is 0.0907. The van der Waals surface area contributed by atoms with Crippen molar-refractivity contribution in [3.8, 4) is 0 Å². The Kier molecular flexibility index (Phi) is 3.84. The lowest BCUT2D eigenvalue weighted by Crippen LogP contribution is -2.30. The van der Waals surface area contributed by atoms with Crippen LogP contribution in [0.4, 0.5) is 5.69 Å². The Morgan fingerprint density at radius 3 is 3.00 bits per heavy atom. The number of fused-ring (bicyclic) bond motifs is 2. The van der Waals surface area contributed by atoms with Crippen molar-refractivity contribution in [2.24, 2.45) is 0 Å². The van der Waals surface area contributed by atoms with Gasteiger partial charge in [0, 0.05) is 18.3 Å². The quantitative estimate of drug-likeness (QED) is 0.735. The maximum absolute atomic E-state index is 12.3. The monoisotopic (exact) mass is 340 g/mol. The summed E-state index contributed by atoms with van der Waals surface area (Å²) >= 11 is 1.50. The van der Waals surface area contributed by atoms with E-state index >= 15 is 0 Å². The maximum atomic E-state index is 12.3. The van der Waals surface area contributed by atoms with Crippen molar-refractivity contribution in [1.82, 2.24) is 14.6 Å². The molecule has 0 saturated carbocycles. The van der Waals surface area contributed by atoms with Crippen LogP contribution in [0.5, 0.6) is 0 Å². The third-order valence-corrected chi connectivity index (χ3v) is 5.50. The average molecular weight is 340 g/mol. The van der Waals surface area contributed by atoms with Crippen LogP contribution >= 0.6 is 11.3 Å². The summed E-state index contributed by atoms with van der Waals surface area (Å²) < 4.78 is 1.42. The molecule has 3 heterocycles. The first-order valence-electron chi connectivity index (χ1n) is 8.37. The Morgan fingerprint density at radius 1 is 1.29 bits per heavy atom. The number of aromatic nitrogens is 3. The van der Waals surface area contributed by atoms with Crippen molar-refractivity contribution >= 4 is 22.0 Å². The van der Waals surface area contributed by atoms with Gasteiger partial charge < -0.3 is 4.90 Å². The lowest BCUT2D eigenvalue weighted by atomic mass is 9.99. The predicted molar refractivity (Wildman–Crippen MR) is 97.1 cm³/mol. The molecule has 6 heteroatoms. The zero-order valence-electron chi connectivity index (χ0n) is 14.0. The van der Waals surface area contributed by atoms with Gasteiger partial charge in [-0.05, 0) is 37.8 Å². The molecule has 0 unspecified atom stereocenters. The first-order valence-corrected chi connectivity index (χ1v) is 9.19. The van der Waals surface area contributed by atoms with Gasteiger partial charge in [0.25, 0.3) is 5.56 Å². The first kappa shape index (κ1) is 15.3. The van der Waals surface area contributed by atoms with Gasteiger partial charge in [0.15, 0.2) is 0 Å². The summed E-state index contributed by atoms with van der Waals surface area (Å²) in [5.74, 6) is 0. The molecule has 1 aromatic carbocycles. The van der Waals surface area contributed by atoms with Crippen molar-refractivity contribution in [2.45, 2.75) is 39.7 Å². The Hall–Kier alpha value is -2.21. The van der Waals surface area contributed by atoms with Gasteiger partial charge in [-0.3, -0.25) is 4.79 Å². The number of anilines is 1. The van der Waals surface area contributed by atoms with Crippen molar-refractivity contribution in [3.05, 3.63) is 56.4 Å². The van der Waals surface area contributed by atoms with Gasteiger partial charge in [0.1, 0.15) is 5.01 Å². The van der Waals surface area contributed by atoms with Crippen LogP contribution in [0.25, 0.3) is 4.96 Å². The van der Waals surface area contributed by atoms with Crippen molar-refractivity contribution in [2.75, 3.05) is 11.4 Å². The molecule has 5 nitrogen and oxygen atoms in total. The molecule has 124 valence electrons. The zero-order valence-corrected chi connectivity index (χ0v) is 14.8. The third-order valence-electron chi connectivity index (χ3n) is 4.45. The predicted octanol–water partition coefficient (Wildman–Crippen LogP) is 2.97. The largest absolute Gasteiger partial charge is 0.365 e. The zero-order chi connectivity index (χ0) is 16.7. The smallest absolute Gasteiger partial charge is 0.275 e. The Bertz CT molecular complexity index is 959. The molecule has 0 saturated heterocycles. The number of hydrogen-bond donors (Lipinski definition) is 0. The van der Waals surface area contributed by atoms with E-state index in [9.17, 15) is 4.79 Å². The highest BCUT2D eigenvalue weighted by atomic mass is 32.1. The van der Waals surface area contributed by atoms with E-state index in [-0.39, 0.29) is 5.56 Å². The molecule has 24 heavy (non-hydrogen) atoms. The van der Waals surface area contributed by atoms with Crippen molar-refractivity contribution in [1.29, 1.82) is 0 Å². The van der Waals surface area contributed by atoms with Crippen LogP contribution in [0.3, 0.4) is 0 Å². The van der Waals surface area contributed by atoms with Gasteiger partial charge in [0.05, 0.1) is 12.2 Å². The van der Waals surface area contributed by atoms with E-state index in [0.29, 0.717) is 11.5 Å². The van der Waals surface area contributed by atoms with E-state index in [1.807, 2.05) is 6.92 Å². The van der Waals surface area contributed by atoms with Gasteiger partial charge in [-0.2, -0.15) is 9.61 Å². The van der Waals surface area contributed by atoms with E-state index in [1.54, 1.807) is 6.07 Å². The van der Waals surface area contributed by atoms with Crippen LogP contribution in [0.1, 0.15) is 35.2 Å². The minimum Gasteiger partial charge on any atom is -0.365 e. The fraction of sp³-hybridized carbons (Fsp3) is 0.389. The average Bonchev–Trinajstić information content (AvgIpc) is 2.98. The van der Waals surface area contributed by atoms with Gasteiger partial charge in [-0.1, -0.05) is 36.0 Å². The van der Waals surface area contributed by atoms with E-state index in [1.165, 1.54) is 32.7 Å². The molecule has 0 fully saturated rings. The second-order valence-electron chi connectivity index (χ2n) is 6.29. The van der Waals surface area contributed by atoms with E-state index in [0.717, 1.165) is 36.5 Å². The Morgan fingerprint density at radius 2 is 2.17 bits per heavy atom. The standard InChI is InChI=1S/C18H20N4OS/c1-3-16-20-22-17(23)10-14(19-18(22)24-16)11-21-8-4-5-13-9-12(2)6-7-15(13)21/h6-7,9-10H,3-5,8,11H2,1-2H3. The van der Waals surface area contributed by atoms with Crippen molar-refractivity contribution in [3.63, 3.8) is 0 Å². The number of nitrogens with zero attached hydrogens (tertiary/aromatic N) is 4. The molecule has 0 spiro atoms. The molecular weight excluding hydrogens is 320 g/mol. The molecule has 2 aromatic heterocycles. The highest BCUT2D eigenvalue weighted by Gasteiger charge is 2.18. The number of benzene rings is 1. The second kappa shape index (κ2) is 6.02. The molecule has 0 bridgehead atoms. The normalized spacial score (nSPS) is 14.2. The molecule has 4 rings (SSSR count). The number of hydrogen-bond acceptors (Lipinski definition) is 5. The van der Waals surface area contributed by atoms with Gasteiger partial charge in [-0.25, -0.2) is 4.98 Å². The molecule has 0 N–H and O–H groups in total. The summed E-state index contributed by atoms with van der Waals surface area (Å²) in [6, 6.07) is 8.23. The van der Waals surface area contributed by atoms with E-state index in [2.05, 4.69) is 40.1 Å². The molecule has 0 amide bonds. The maximum Gasteiger partial charge on any atom is 0.275 e. The molecule has 0 radical (unpaired) electrons. The molecule has 0 aliphatic carbocycles. The number of aryl methyl sites for hydroxylation is 3.